The number of benzene rings is 1. The number of hydrogen-bond acceptors (Lipinski definition) is 4. The summed E-state index contributed by atoms with van der Waals surface area (Å²) in [6.07, 6.45) is 0. The largest absolute Gasteiger partial charge is 0.465 e. The molecule has 1 amide bonds. The molecule has 0 fully saturated rings. The molecule has 124 valence electrons. The summed E-state index contributed by atoms with van der Waals surface area (Å²) in [5.41, 5.74) is 6.61. The van der Waals surface area contributed by atoms with Crippen LogP contribution in [0.5, 0.6) is 0 Å². The highest BCUT2D eigenvalue weighted by atomic mass is 35.5. The summed E-state index contributed by atoms with van der Waals surface area (Å²) < 4.78 is 5.08. The monoisotopic (exact) mass is 328 g/mol. The van der Waals surface area contributed by atoms with Gasteiger partial charge in [0.2, 0.25) is 5.91 Å². The lowest BCUT2D eigenvalue weighted by Crippen LogP contribution is -2.45. The van der Waals surface area contributed by atoms with Gasteiger partial charge in [0.25, 0.3) is 0 Å². The van der Waals surface area contributed by atoms with Crippen molar-refractivity contribution in [3.63, 3.8) is 0 Å². The topological polar surface area (TPSA) is 81.4 Å². The van der Waals surface area contributed by atoms with Gasteiger partial charge in [0.05, 0.1) is 18.6 Å². The standard InChI is InChI=1S/C16H24N2O3.ClH/c1-4-21-16(20)13(12-8-6-5-7-9-12)10-18-15(19)14(17)11(2)3;/h5-9,11,13-14H,4,10,17H2,1-3H3,(H,18,19);1H/t13?,14-;/m0./s1. The molecule has 3 N–H and O–H groups in total. The predicted octanol–water partition coefficient (Wildman–Crippen LogP) is 1.85. The van der Waals surface area contributed by atoms with E-state index in [0.717, 1.165) is 5.56 Å². The Morgan fingerprint density at radius 2 is 1.82 bits per heavy atom. The van der Waals surface area contributed by atoms with E-state index in [1.807, 2.05) is 44.2 Å². The van der Waals surface area contributed by atoms with E-state index >= 15 is 0 Å². The van der Waals surface area contributed by atoms with Gasteiger partial charge >= 0.3 is 5.97 Å². The molecule has 1 aromatic rings. The number of amides is 1. The molecule has 0 aliphatic carbocycles. The number of carbonyl (C=O) groups excluding carboxylic acids is 2. The molecule has 0 aromatic heterocycles. The average molecular weight is 329 g/mol. The Labute approximate surface area is 138 Å². The predicted molar refractivity (Wildman–Crippen MR) is 88.9 cm³/mol. The summed E-state index contributed by atoms with van der Waals surface area (Å²) in [7, 11) is 0. The first kappa shape index (κ1) is 20.4. The lowest BCUT2D eigenvalue weighted by molar-refractivity contribution is -0.144. The minimum Gasteiger partial charge on any atom is -0.465 e. The van der Waals surface area contributed by atoms with E-state index in [1.165, 1.54) is 0 Å². The van der Waals surface area contributed by atoms with E-state index in [0.29, 0.717) is 6.61 Å². The van der Waals surface area contributed by atoms with Crippen LogP contribution < -0.4 is 11.1 Å². The number of esters is 1. The number of ether oxygens (including phenoxy) is 1. The van der Waals surface area contributed by atoms with Crippen LogP contribution in [0.1, 0.15) is 32.3 Å². The van der Waals surface area contributed by atoms with Gasteiger partial charge in [-0.25, -0.2) is 0 Å². The number of halogens is 1. The van der Waals surface area contributed by atoms with Gasteiger partial charge < -0.3 is 15.8 Å². The van der Waals surface area contributed by atoms with E-state index < -0.39 is 12.0 Å². The first-order valence-electron chi connectivity index (χ1n) is 7.22. The van der Waals surface area contributed by atoms with E-state index in [4.69, 9.17) is 10.5 Å². The van der Waals surface area contributed by atoms with Crippen LogP contribution in [0.4, 0.5) is 0 Å². The molecule has 2 atom stereocenters. The van der Waals surface area contributed by atoms with Crippen molar-refractivity contribution < 1.29 is 14.3 Å². The average Bonchev–Trinajstić information content (AvgIpc) is 2.47. The van der Waals surface area contributed by atoms with Gasteiger partial charge in [-0.1, -0.05) is 44.2 Å². The van der Waals surface area contributed by atoms with E-state index in [2.05, 4.69) is 5.32 Å². The fraction of sp³-hybridized carbons (Fsp3) is 0.500. The molecule has 0 radical (unpaired) electrons. The van der Waals surface area contributed by atoms with Gasteiger partial charge in [0.15, 0.2) is 0 Å². The van der Waals surface area contributed by atoms with E-state index in [1.54, 1.807) is 6.92 Å². The van der Waals surface area contributed by atoms with Crippen molar-refractivity contribution >= 4 is 24.3 Å². The van der Waals surface area contributed by atoms with Crippen molar-refractivity contribution in [2.45, 2.75) is 32.7 Å². The van der Waals surface area contributed by atoms with Gasteiger partial charge in [0.1, 0.15) is 0 Å². The maximum absolute atomic E-state index is 12.1. The molecule has 1 unspecified atom stereocenters. The number of nitrogens with two attached hydrogens (primary N) is 1. The Balaban J connectivity index is 0.00000441. The summed E-state index contributed by atoms with van der Waals surface area (Å²) in [5, 5.41) is 2.74. The molecule has 22 heavy (non-hydrogen) atoms. The second kappa shape index (κ2) is 10.2. The molecule has 0 saturated carbocycles. The quantitative estimate of drug-likeness (QED) is 0.748. The molecule has 6 heteroatoms. The number of hydrogen-bond donors (Lipinski definition) is 2. The molecular weight excluding hydrogens is 304 g/mol. The van der Waals surface area contributed by atoms with Crippen molar-refractivity contribution in [3.8, 4) is 0 Å². The summed E-state index contributed by atoms with van der Waals surface area (Å²) >= 11 is 0. The first-order valence-corrected chi connectivity index (χ1v) is 7.22. The molecule has 1 aromatic carbocycles. The van der Waals surface area contributed by atoms with Crippen LogP contribution in [0.15, 0.2) is 30.3 Å². The molecule has 0 heterocycles. The minimum atomic E-state index is -0.580. The summed E-state index contributed by atoms with van der Waals surface area (Å²) in [6, 6.07) is 8.68. The Bertz CT molecular complexity index is 466. The van der Waals surface area contributed by atoms with Gasteiger partial charge in [0, 0.05) is 6.54 Å². The van der Waals surface area contributed by atoms with Crippen LogP contribution >= 0.6 is 12.4 Å². The summed E-state index contributed by atoms with van der Waals surface area (Å²) in [4.78, 5) is 24.0. The normalized spacial score (nSPS) is 13.0. The molecular formula is C16H25ClN2O3. The highest BCUT2D eigenvalue weighted by Gasteiger charge is 2.24. The maximum atomic E-state index is 12.1. The fourth-order valence-corrected chi connectivity index (χ4v) is 1.89. The zero-order chi connectivity index (χ0) is 15.8. The molecule has 0 saturated heterocycles. The Morgan fingerprint density at radius 1 is 1.23 bits per heavy atom. The van der Waals surface area contributed by atoms with Crippen LogP contribution in [-0.2, 0) is 14.3 Å². The smallest absolute Gasteiger partial charge is 0.315 e. The second-order valence-corrected chi connectivity index (χ2v) is 5.23. The van der Waals surface area contributed by atoms with Gasteiger partial charge in [-0.2, -0.15) is 0 Å². The molecule has 5 nitrogen and oxygen atoms in total. The van der Waals surface area contributed by atoms with Crippen molar-refractivity contribution in [2.24, 2.45) is 11.7 Å². The van der Waals surface area contributed by atoms with Crippen LogP contribution in [0.25, 0.3) is 0 Å². The van der Waals surface area contributed by atoms with Crippen LogP contribution in [0.3, 0.4) is 0 Å². The first-order chi connectivity index (χ1) is 9.97. The number of nitrogens with one attached hydrogen (secondary N) is 1. The molecule has 0 aliphatic rings. The van der Waals surface area contributed by atoms with Gasteiger partial charge in [-0.3, -0.25) is 9.59 Å². The van der Waals surface area contributed by atoms with E-state index in [-0.39, 0.29) is 36.7 Å². The summed E-state index contributed by atoms with van der Waals surface area (Å²) in [6.45, 7) is 6.01. The van der Waals surface area contributed by atoms with Crippen molar-refractivity contribution in [1.29, 1.82) is 0 Å². The van der Waals surface area contributed by atoms with Crippen molar-refractivity contribution in [1.82, 2.24) is 5.32 Å². The zero-order valence-electron chi connectivity index (χ0n) is 13.2. The van der Waals surface area contributed by atoms with Gasteiger partial charge in [-0.05, 0) is 18.4 Å². The number of rotatable bonds is 7. The lowest BCUT2D eigenvalue weighted by Gasteiger charge is -2.19. The third-order valence-electron chi connectivity index (χ3n) is 3.27. The Morgan fingerprint density at radius 3 is 2.32 bits per heavy atom. The van der Waals surface area contributed by atoms with Crippen molar-refractivity contribution in [3.05, 3.63) is 35.9 Å². The van der Waals surface area contributed by atoms with Crippen LogP contribution in [0, 0.1) is 5.92 Å². The molecule has 0 bridgehead atoms. The van der Waals surface area contributed by atoms with Crippen LogP contribution in [-0.4, -0.2) is 31.1 Å². The summed E-state index contributed by atoms with van der Waals surface area (Å²) in [5.74, 6) is -1.07. The molecule has 0 aliphatic heterocycles. The minimum absolute atomic E-state index is 0. The Kier molecular flexibility index (Phi) is 9.45. The van der Waals surface area contributed by atoms with Crippen LogP contribution in [0.2, 0.25) is 0 Å². The molecule has 0 spiro atoms. The third kappa shape index (κ3) is 6.03. The zero-order valence-corrected chi connectivity index (χ0v) is 14.1. The highest BCUT2D eigenvalue weighted by molar-refractivity contribution is 5.85. The van der Waals surface area contributed by atoms with Gasteiger partial charge in [-0.15, -0.1) is 12.4 Å². The molecule has 1 rings (SSSR count). The van der Waals surface area contributed by atoms with E-state index in [9.17, 15) is 9.59 Å². The second-order valence-electron chi connectivity index (χ2n) is 5.23. The fourth-order valence-electron chi connectivity index (χ4n) is 1.89. The third-order valence-corrected chi connectivity index (χ3v) is 3.27. The highest BCUT2D eigenvalue weighted by Crippen LogP contribution is 2.16. The SMILES string of the molecule is CCOC(=O)C(CNC(=O)[C@@H](N)C(C)C)c1ccccc1.Cl. The lowest BCUT2D eigenvalue weighted by atomic mass is 9.98. The maximum Gasteiger partial charge on any atom is 0.315 e. The van der Waals surface area contributed by atoms with Crippen molar-refractivity contribution in [2.75, 3.05) is 13.2 Å². The number of carbonyl (C=O) groups is 2. The Hall–Kier alpha value is -1.59.